The van der Waals surface area contributed by atoms with Crippen LogP contribution in [-0.2, 0) is 9.47 Å². The van der Waals surface area contributed by atoms with E-state index in [4.69, 9.17) is 9.47 Å². The van der Waals surface area contributed by atoms with Gasteiger partial charge in [-0.05, 0) is 213 Å². The Morgan fingerprint density at radius 3 is 0.798 bits per heavy atom. The van der Waals surface area contributed by atoms with Crippen molar-refractivity contribution in [1.82, 2.24) is 19.6 Å². The van der Waals surface area contributed by atoms with Crippen molar-refractivity contribution in [3.8, 4) is 0 Å². The summed E-state index contributed by atoms with van der Waals surface area (Å²) in [6, 6.07) is 2.03. The van der Waals surface area contributed by atoms with Gasteiger partial charge in [0.2, 0.25) is 0 Å². The average Bonchev–Trinajstić information content (AvgIpc) is 0.747. The number of hydrogen-bond acceptors (Lipinski definition) is 10. The Morgan fingerprint density at radius 1 is 0.293 bits per heavy atom. The van der Waals surface area contributed by atoms with Gasteiger partial charge in [-0.3, -0.25) is 0 Å². The molecule has 0 bridgehead atoms. The van der Waals surface area contributed by atoms with Gasteiger partial charge in [-0.1, -0.05) is 224 Å². The number of hydrogen-bond donors (Lipinski definition) is 4. The summed E-state index contributed by atoms with van der Waals surface area (Å²) in [5.41, 5.74) is 0. The Kier molecular flexibility index (Phi) is 44.1. The lowest BCUT2D eigenvalue weighted by Gasteiger charge is -2.53. The minimum atomic E-state index is -1.48. The molecule has 2 aliphatic heterocycles. The third-order valence-corrected chi connectivity index (χ3v) is 27.3. The van der Waals surface area contributed by atoms with Crippen LogP contribution < -0.4 is 0 Å². The van der Waals surface area contributed by atoms with E-state index in [1.165, 1.54) is 238 Å². The Morgan fingerprint density at radius 2 is 0.545 bits per heavy atom. The van der Waals surface area contributed by atoms with Crippen LogP contribution in [0.3, 0.4) is 0 Å². The zero-order valence-corrected chi connectivity index (χ0v) is 67.8. The van der Waals surface area contributed by atoms with Crippen LogP contribution >= 0.6 is 0 Å². The van der Waals surface area contributed by atoms with Crippen molar-refractivity contribution in [2.75, 3.05) is 52.4 Å². The van der Waals surface area contributed by atoms with Crippen LogP contribution in [0.25, 0.3) is 0 Å². The monoisotopic (exact) mass is 1390 g/mol. The summed E-state index contributed by atoms with van der Waals surface area (Å²) in [7, 11) is 0. The molecule has 10 nitrogen and oxygen atoms in total. The molecule has 0 spiro atoms. The molecule has 0 radical (unpaired) electrons. The maximum atomic E-state index is 13.2. The third kappa shape index (κ3) is 26.9. The second-order valence-corrected chi connectivity index (χ2v) is 34.3. The molecular weight excluding hydrogens is 1220 g/mol. The molecule has 6 rings (SSSR count). The van der Waals surface area contributed by atoms with Gasteiger partial charge in [0.25, 0.3) is 0 Å². The van der Waals surface area contributed by atoms with Crippen molar-refractivity contribution < 1.29 is 29.9 Å². The molecule has 6 aliphatic rings. The highest BCUT2D eigenvalue weighted by Crippen LogP contribution is 2.61. The maximum Gasteiger partial charge on any atom is 0.158 e. The molecule has 580 valence electrons. The van der Waals surface area contributed by atoms with Crippen molar-refractivity contribution in [2.24, 2.45) is 59.2 Å². The van der Waals surface area contributed by atoms with Gasteiger partial charge in [0.05, 0.1) is 11.8 Å². The molecule has 18 atom stereocenters. The van der Waals surface area contributed by atoms with Crippen LogP contribution in [0.15, 0.2) is 0 Å². The number of unbranched alkanes of at least 4 members (excludes halogenated alkanes) is 20. The van der Waals surface area contributed by atoms with E-state index in [1.807, 2.05) is 0 Å². The number of aliphatic hydroxyl groups is 4. The number of fused-ring (bicyclic) bond motifs is 4. The van der Waals surface area contributed by atoms with E-state index in [9.17, 15) is 20.4 Å². The van der Waals surface area contributed by atoms with Crippen molar-refractivity contribution in [1.29, 1.82) is 0 Å². The molecule has 0 aromatic carbocycles. The topological polar surface area (TPSA) is 112 Å². The number of rotatable bonds is 56. The predicted molar refractivity (Wildman–Crippen MR) is 422 cm³/mol. The summed E-state index contributed by atoms with van der Waals surface area (Å²) in [5, 5.41) is 51.2. The van der Waals surface area contributed by atoms with Crippen LogP contribution in [0.2, 0.25) is 0 Å². The summed E-state index contributed by atoms with van der Waals surface area (Å²) in [6.07, 6.45) is 52.9. The molecule has 6 fully saturated rings. The third-order valence-electron chi connectivity index (χ3n) is 27.3. The van der Waals surface area contributed by atoms with E-state index in [0.29, 0.717) is 48.3 Å². The molecule has 4 aliphatic carbocycles. The van der Waals surface area contributed by atoms with E-state index in [0.717, 1.165) is 110 Å². The van der Waals surface area contributed by atoms with E-state index < -0.39 is 12.6 Å². The fourth-order valence-electron chi connectivity index (χ4n) is 21.7. The minimum Gasteiger partial charge on any atom is -0.368 e. The second-order valence-electron chi connectivity index (χ2n) is 34.3. The quantitative estimate of drug-likeness (QED) is 0.0267. The van der Waals surface area contributed by atoms with Crippen molar-refractivity contribution in [3.63, 3.8) is 0 Å². The van der Waals surface area contributed by atoms with Crippen LogP contribution in [-0.4, -0.2) is 154 Å². The van der Waals surface area contributed by atoms with Gasteiger partial charge in [-0.25, -0.2) is 0 Å². The van der Waals surface area contributed by atoms with E-state index >= 15 is 0 Å². The largest absolute Gasteiger partial charge is 0.368 e. The van der Waals surface area contributed by atoms with Crippen LogP contribution in [0.5, 0.6) is 0 Å². The zero-order valence-electron chi connectivity index (χ0n) is 67.8. The molecule has 99 heavy (non-hydrogen) atoms. The van der Waals surface area contributed by atoms with Gasteiger partial charge in [0.1, 0.15) is 71.8 Å². The highest BCUT2D eigenvalue weighted by Gasteiger charge is 2.66. The first-order valence-corrected chi connectivity index (χ1v) is 45.1. The van der Waals surface area contributed by atoms with Gasteiger partial charge in [0, 0.05) is 36.0 Å². The van der Waals surface area contributed by atoms with Gasteiger partial charge in [-0.15, -0.1) is 0 Å². The lowest BCUT2D eigenvalue weighted by Crippen LogP contribution is -2.59. The fourth-order valence-corrected chi connectivity index (χ4v) is 21.7. The lowest BCUT2D eigenvalue weighted by atomic mass is 9.52. The summed E-state index contributed by atoms with van der Waals surface area (Å²) in [5.74, 6) is 4.24. The molecule has 4 N–H and O–H groups in total. The second kappa shape index (κ2) is 50.1. The van der Waals surface area contributed by atoms with E-state index in [1.54, 1.807) is 11.8 Å². The first-order valence-electron chi connectivity index (χ1n) is 45.1. The summed E-state index contributed by atoms with van der Waals surface area (Å²) < 4.78 is 15.9. The molecule has 0 aromatic rings. The lowest BCUT2D eigenvalue weighted by molar-refractivity contribution is -0.178. The SMILES string of the molecule is CCCCCCCCCCC(CC(C(O)O)C([C+]1C2CCC(N(CCCC)CCCC)CC2OC2CC(N(CCCC)CCCC)CCC12)C(CC)CCCCCCCC)C([C+]1C2CCC(N(CCCC)CCCC)CC2OC2CC(N(CCCC)CCCC)CCC12)C(CC)C(O)O. The predicted octanol–water partition coefficient (Wildman–Crippen LogP) is 21.8. The van der Waals surface area contributed by atoms with Gasteiger partial charge in [-0.2, -0.15) is 0 Å². The maximum absolute atomic E-state index is 13.2. The summed E-state index contributed by atoms with van der Waals surface area (Å²) in [4.78, 5) is 11.5. The van der Waals surface area contributed by atoms with Gasteiger partial charge >= 0.3 is 0 Å². The zero-order chi connectivity index (χ0) is 71.3. The minimum absolute atomic E-state index is 0.0508. The van der Waals surface area contributed by atoms with Crippen LogP contribution in [0.1, 0.15) is 385 Å². The summed E-state index contributed by atoms with van der Waals surface area (Å²) >= 11 is 0. The molecule has 10 heteroatoms. The first kappa shape index (κ1) is 87.3. The number of aliphatic hydroxyl groups excluding tert-OH is 2. The fraction of sp³-hybridized carbons (Fsp3) is 0.978. The number of nitrogens with zero attached hydrogens (tertiary/aromatic N) is 4. The molecule has 2 heterocycles. The smallest absolute Gasteiger partial charge is 0.158 e. The normalized spacial score (nSPS) is 27.8. The Bertz CT molecular complexity index is 1840. The van der Waals surface area contributed by atoms with Crippen molar-refractivity contribution in [2.45, 2.75) is 446 Å². The van der Waals surface area contributed by atoms with E-state index in [-0.39, 0.29) is 65.8 Å². The molecule has 2 saturated heterocycles. The first-order chi connectivity index (χ1) is 48.3. The van der Waals surface area contributed by atoms with Gasteiger partial charge in [0.15, 0.2) is 12.6 Å². The highest BCUT2D eigenvalue weighted by atomic mass is 16.5. The van der Waals surface area contributed by atoms with Gasteiger partial charge < -0.3 is 49.5 Å². The highest BCUT2D eigenvalue weighted by molar-refractivity contribution is 5.22. The molecule has 18 unspecified atom stereocenters. The molecule has 4 saturated carbocycles. The average molecular weight is 1390 g/mol. The Balaban J connectivity index is 1.55. The summed E-state index contributed by atoms with van der Waals surface area (Å²) in [6.45, 7) is 37.6. The van der Waals surface area contributed by atoms with E-state index in [2.05, 4.69) is 103 Å². The van der Waals surface area contributed by atoms with Crippen molar-refractivity contribution in [3.05, 3.63) is 11.8 Å². The van der Waals surface area contributed by atoms with Crippen LogP contribution in [0, 0.1) is 71.0 Å². The van der Waals surface area contributed by atoms with Crippen LogP contribution in [0.4, 0.5) is 0 Å². The molecule has 0 amide bonds. The van der Waals surface area contributed by atoms with Crippen molar-refractivity contribution >= 4 is 0 Å². The standard InChI is InChI=1S/C89H170N4O6/c1-13-25-35-37-39-40-42-44-46-69(85(74(24-12)88(94)95)87-77-53-49-72(92(59-31-19-7)60-32-20-8)66-82(77)99-83-67-73(50-54-78(83)87)93(61-33-21-9)62-34-22-10)63-79(89(96)97)84(68(23-11)45-43-41-38-36-26-14-2)86-75-51-47-70(90(55-27-15-3)56-28-16-4)64-80(75)98-81-65-71(48-52-76(81)86)91(57-29-17-5)58-30-18-6/h68-85,88-89,94-97H,13-67H2,1-12H3/q+2. The molecular formula is C89H170N4O6+2. The Labute approximate surface area is 615 Å². The Hall–Kier alpha value is -0.660. The molecule has 0 aromatic heterocycles. The number of ether oxygens (including phenoxy) is 2.